The topological polar surface area (TPSA) is 63.2 Å². The van der Waals surface area contributed by atoms with Crippen LogP contribution in [0.1, 0.15) is 45.9 Å². The van der Waals surface area contributed by atoms with Gasteiger partial charge < -0.3 is 15.4 Å². The van der Waals surface area contributed by atoms with Crippen molar-refractivity contribution in [3.8, 4) is 0 Å². The van der Waals surface area contributed by atoms with E-state index in [4.69, 9.17) is 4.74 Å². The number of nitrogens with zero attached hydrogens (tertiary/aromatic N) is 1. The normalized spacial score (nSPS) is 13.0. The zero-order chi connectivity index (χ0) is 17.5. The number of rotatable bonds is 7. The van der Waals surface area contributed by atoms with Crippen LogP contribution in [0.3, 0.4) is 0 Å². The van der Waals surface area contributed by atoms with E-state index < -0.39 is 5.60 Å². The van der Waals surface area contributed by atoms with Gasteiger partial charge in [-0.1, -0.05) is 19.9 Å². The lowest BCUT2D eigenvalue weighted by atomic mass is 9.95. The number of pyridine rings is 1. The summed E-state index contributed by atoms with van der Waals surface area (Å²) in [5, 5.41) is 6.31. The molecule has 0 aromatic carbocycles. The van der Waals surface area contributed by atoms with Crippen LogP contribution in [0.5, 0.6) is 0 Å². The summed E-state index contributed by atoms with van der Waals surface area (Å²) in [7, 11) is 0. The summed E-state index contributed by atoms with van der Waals surface area (Å²) in [6.07, 6.45) is 1.54. The second-order valence-electron chi connectivity index (χ2n) is 7.33. The van der Waals surface area contributed by atoms with Crippen LogP contribution in [-0.4, -0.2) is 29.8 Å². The zero-order valence-corrected chi connectivity index (χ0v) is 15.3. The van der Waals surface area contributed by atoms with E-state index in [1.54, 1.807) is 0 Å². The van der Waals surface area contributed by atoms with E-state index in [0.29, 0.717) is 18.4 Å². The molecular formula is C18H31N3O2. The molecule has 2 N–H and O–H groups in total. The Bertz CT molecular complexity index is 478. The Morgan fingerprint density at radius 2 is 1.96 bits per heavy atom. The van der Waals surface area contributed by atoms with Gasteiger partial charge in [0.25, 0.3) is 0 Å². The number of hydrogen-bond donors (Lipinski definition) is 2. The molecule has 0 bridgehead atoms. The van der Waals surface area contributed by atoms with Crippen LogP contribution >= 0.6 is 0 Å². The van der Waals surface area contributed by atoms with Crippen molar-refractivity contribution in [3.05, 3.63) is 29.6 Å². The fourth-order valence-corrected chi connectivity index (χ4v) is 2.08. The standard InChI is InChI=1S/C18H31N3O2/c1-13(2)16(12-21-17(22)23-18(4,5)6)11-19-9-15-8-7-14(3)20-10-15/h7-8,10,13,16,19H,9,11-12H2,1-6H3,(H,21,22). The van der Waals surface area contributed by atoms with Crippen LogP contribution < -0.4 is 10.6 Å². The van der Waals surface area contributed by atoms with Crippen LogP contribution in [0, 0.1) is 18.8 Å². The molecule has 1 aromatic heterocycles. The zero-order valence-electron chi connectivity index (χ0n) is 15.3. The molecule has 5 heteroatoms. The van der Waals surface area contributed by atoms with Gasteiger partial charge in [0.2, 0.25) is 0 Å². The van der Waals surface area contributed by atoms with Crippen LogP contribution in [-0.2, 0) is 11.3 Å². The lowest BCUT2D eigenvalue weighted by Crippen LogP contribution is -2.39. The number of aryl methyl sites for hydroxylation is 1. The molecule has 0 spiro atoms. The van der Waals surface area contributed by atoms with Crippen LogP contribution in [0.25, 0.3) is 0 Å². The number of carbonyl (C=O) groups is 1. The summed E-state index contributed by atoms with van der Waals surface area (Å²) in [5.41, 5.74) is 1.72. The Balaban J connectivity index is 2.37. The molecule has 0 saturated carbocycles. The highest BCUT2D eigenvalue weighted by atomic mass is 16.6. The van der Waals surface area contributed by atoms with Gasteiger partial charge in [-0.2, -0.15) is 0 Å². The molecule has 0 fully saturated rings. The minimum atomic E-state index is -0.464. The smallest absolute Gasteiger partial charge is 0.407 e. The van der Waals surface area contributed by atoms with E-state index in [-0.39, 0.29) is 6.09 Å². The monoisotopic (exact) mass is 321 g/mol. The molecule has 0 aliphatic heterocycles. The quantitative estimate of drug-likeness (QED) is 0.809. The fourth-order valence-electron chi connectivity index (χ4n) is 2.08. The molecule has 1 heterocycles. The maximum Gasteiger partial charge on any atom is 0.407 e. The number of alkyl carbamates (subject to hydrolysis) is 1. The molecule has 1 atom stereocenters. The van der Waals surface area contributed by atoms with Crippen LogP contribution in [0.4, 0.5) is 4.79 Å². The van der Waals surface area contributed by atoms with E-state index in [1.165, 1.54) is 5.56 Å². The number of hydrogen-bond acceptors (Lipinski definition) is 4. The minimum absolute atomic E-state index is 0.348. The number of carbonyl (C=O) groups excluding carboxylic acids is 1. The predicted molar refractivity (Wildman–Crippen MR) is 93.2 cm³/mol. The first kappa shape index (κ1) is 19.4. The maximum atomic E-state index is 11.8. The Morgan fingerprint density at radius 3 is 2.48 bits per heavy atom. The molecule has 5 nitrogen and oxygen atoms in total. The van der Waals surface area contributed by atoms with Crippen LogP contribution in [0.2, 0.25) is 0 Å². The molecule has 1 aromatic rings. The lowest BCUT2D eigenvalue weighted by Gasteiger charge is -2.24. The van der Waals surface area contributed by atoms with Crippen molar-refractivity contribution in [2.24, 2.45) is 11.8 Å². The average Bonchev–Trinajstić information content (AvgIpc) is 2.42. The molecule has 1 amide bonds. The molecule has 130 valence electrons. The van der Waals surface area contributed by atoms with E-state index in [0.717, 1.165) is 18.8 Å². The largest absolute Gasteiger partial charge is 0.444 e. The molecule has 1 unspecified atom stereocenters. The average molecular weight is 321 g/mol. The number of nitrogens with one attached hydrogen (secondary N) is 2. The first-order valence-electron chi connectivity index (χ1n) is 8.26. The third kappa shape index (κ3) is 8.55. The van der Waals surface area contributed by atoms with E-state index in [9.17, 15) is 4.79 Å². The van der Waals surface area contributed by atoms with Gasteiger partial charge in [0.1, 0.15) is 5.60 Å². The van der Waals surface area contributed by atoms with Crippen LogP contribution in [0.15, 0.2) is 18.3 Å². The Hall–Kier alpha value is -1.62. The Morgan fingerprint density at radius 1 is 1.26 bits per heavy atom. The molecule has 23 heavy (non-hydrogen) atoms. The highest BCUT2D eigenvalue weighted by Crippen LogP contribution is 2.11. The second-order valence-corrected chi connectivity index (χ2v) is 7.33. The minimum Gasteiger partial charge on any atom is -0.444 e. The first-order chi connectivity index (χ1) is 10.7. The molecular weight excluding hydrogens is 290 g/mol. The van der Waals surface area contributed by atoms with Gasteiger partial charge in [0.15, 0.2) is 0 Å². The number of aromatic nitrogens is 1. The highest BCUT2D eigenvalue weighted by Gasteiger charge is 2.18. The summed E-state index contributed by atoms with van der Waals surface area (Å²) < 4.78 is 5.27. The summed E-state index contributed by atoms with van der Waals surface area (Å²) >= 11 is 0. The molecule has 1 rings (SSSR count). The summed E-state index contributed by atoms with van der Waals surface area (Å²) in [4.78, 5) is 16.0. The van der Waals surface area contributed by atoms with Crippen molar-refractivity contribution < 1.29 is 9.53 Å². The van der Waals surface area contributed by atoms with Gasteiger partial charge in [0, 0.05) is 31.5 Å². The van der Waals surface area contributed by atoms with E-state index in [1.807, 2.05) is 40.0 Å². The predicted octanol–water partition coefficient (Wildman–Crippen LogP) is 3.28. The number of amides is 1. The van der Waals surface area contributed by atoms with Crippen molar-refractivity contribution in [2.45, 2.75) is 53.7 Å². The second kappa shape index (κ2) is 8.87. The van der Waals surface area contributed by atoms with E-state index >= 15 is 0 Å². The molecule has 0 aliphatic carbocycles. The Labute approximate surface area is 140 Å². The van der Waals surface area contributed by atoms with E-state index in [2.05, 4.69) is 35.5 Å². The van der Waals surface area contributed by atoms with Crippen molar-refractivity contribution in [2.75, 3.05) is 13.1 Å². The molecule has 0 aliphatic rings. The maximum absolute atomic E-state index is 11.8. The summed E-state index contributed by atoms with van der Waals surface area (Å²) in [6, 6.07) is 4.10. The van der Waals surface area contributed by atoms with Gasteiger partial charge in [-0.25, -0.2) is 4.79 Å². The third-order valence-corrected chi connectivity index (χ3v) is 3.56. The molecule has 0 radical (unpaired) electrons. The first-order valence-corrected chi connectivity index (χ1v) is 8.26. The number of ether oxygens (including phenoxy) is 1. The van der Waals surface area contributed by atoms with Crippen molar-refractivity contribution >= 4 is 6.09 Å². The summed E-state index contributed by atoms with van der Waals surface area (Å²) in [5.74, 6) is 0.814. The highest BCUT2D eigenvalue weighted by molar-refractivity contribution is 5.67. The van der Waals surface area contributed by atoms with Gasteiger partial charge >= 0.3 is 6.09 Å². The SMILES string of the molecule is Cc1ccc(CNCC(CNC(=O)OC(C)(C)C)C(C)C)cn1. The van der Waals surface area contributed by atoms with Crippen molar-refractivity contribution in [1.82, 2.24) is 15.6 Å². The third-order valence-electron chi connectivity index (χ3n) is 3.56. The van der Waals surface area contributed by atoms with Gasteiger partial charge in [-0.15, -0.1) is 0 Å². The van der Waals surface area contributed by atoms with Gasteiger partial charge in [0.05, 0.1) is 0 Å². The van der Waals surface area contributed by atoms with Gasteiger partial charge in [-0.3, -0.25) is 4.98 Å². The van der Waals surface area contributed by atoms with Gasteiger partial charge in [-0.05, 0) is 51.2 Å². The lowest BCUT2D eigenvalue weighted by molar-refractivity contribution is 0.0515. The van der Waals surface area contributed by atoms with Crippen molar-refractivity contribution in [1.29, 1.82) is 0 Å². The fraction of sp³-hybridized carbons (Fsp3) is 0.667. The Kier molecular flexibility index (Phi) is 7.49. The molecule has 0 saturated heterocycles. The summed E-state index contributed by atoms with van der Waals surface area (Å²) in [6.45, 7) is 14.1. The van der Waals surface area contributed by atoms with Crippen molar-refractivity contribution in [3.63, 3.8) is 0 Å².